The number of aliphatic imine (C=N–C) groups is 1. The minimum absolute atomic E-state index is 0.197. The molecule has 3 heterocycles. The molecule has 4 saturated carbocycles. The van der Waals surface area contributed by atoms with Gasteiger partial charge in [-0.3, -0.25) is 9.56 Å². The third-order valence-electron chi connectivity index (χ3n) is 8.32. The summed E-state index contributed by atoms with van der Waals surface area (Å²) in [7, 11) is 0. The second kappa shape index (κ2) is 7.01. The molecule has 0 amide bonds. The molecule has 1 aromatic carbocycles. The van der Waals surface area contributed by atoms with Crippen LogP contribution in [0.5, 0.6) is 0 Å². The summed E-state index contributed by atoms with van der Waals surface area (Å²) < 4.78 is 2.42. The molecule has 3 aromatic rings. The molecule has 4 bridgehead atoms. The first-order valence-corrected chi connectivity index (χ1v) is 13.2. The minimum atomic E-state index is 0.197. The van der Waals surface area contributed by atoms with Crippen LogP contribution in [0.3, 0.4) is 0 Å². The van der Waals surface area contributed by atoms with Gasteiger partial charge >= 0.3 is 0 Å². The van der Waals surface area contributed by atoms with Crippen LogP contribution in [0, 0.1) is 17.8 Å². The predicted octanol–water partition coefficient (Wildman–Crippen LogP) is 6.36. The Kier molecular flexibility index (Phi) is 4.27. The third kappa shape index (κ3) is 2.76. The van der Waals surface area contributed by atoms with Crippen LogP contribution in [0.25, 0.3) is 5.00 Å². The van der Waals surface area contributed by atoms with Gasteiger partial charge in [0.2, 0.25) is 0 Å². The van der Waals surface area contributed by atoms with E-state index in [9.17, 15) is 0 Å². The highest BCUT2D eigenvalue weighted by atomic mass is 35.5. The smallest absolute Gasteiger partial charge is 0.160 e. The Labute approximate surface area is 197 Å². The zero-order chi connectivity index (χ0) is 21.4. The van der Waals surface area contributed by atoms with Crippen LogP contribution in [0.2, 0.25) is 5.02 Å². The third-order valence-corrected chi connectivity index (χ3v) is 9.91. The Hall–Kier alpha value is -1.98. The van der Waals surface area contributed by atoms with E-state index in [2.05, 4.69) is 23.6 Å². The summed E-state index contributed by atoms with van der Waals surface area (Å²) >= 11 is 8.51. The molecule has 4 nitrogen and oxygen atoms in total. The number of hydrogen-bond donors (Lipinski definition) is 0. The SMILES string of the molecule is CCc1cc2c(s1)-n1c(nnc1C13CC4CC(CC(C4)C1)C3)CN=C2c1ccccc1Cl. The lowest BCUT2D eigenvalue weighted by Gasteiger charge is -2.56. The Bertz CT molecular complexity index is 1220. The molecule has 0 saturated heterocycles. The van der Waals surface area contributed by atoms with Crippen molar-refractivity contribution < 1.29 is 0 Å². The van der Waals surface area contributed by atoms with E-state index >= 15 is 0 Å². The van der Waals surface area contributed by atoms with Crippen molar-refractivity contribution in [1.29, 1.82) is 0 Å². The lowest BCUT2D eigenvalue weighted by molar-refractivity contribution is -0.0102. The van der Waals surface area contributed by atoms with Crippen LogP contribution >= 0.6 is 22.9 Å². The van der Waals surface area contributed by atoms with E-state index in [1.54, 1.807) is 0 Å². The van der Waals surface area contributed by atoms with Gasteiger partial charge in [-0.15, -0.1) is 21.5 Å². The van der Waals surface area contributed by atoms with E-state index in [4.69, 9.17) is 26.8 Å². The second-order valence-electron chi connectivity index (χ2n) is 10.4. The lowest BCUT2D eigenvalue weighted by atomic mass is 9.49. The number of aromatic nitrogens is 3. The first-order valence-electron chi connectivity index (χ1n) is 12.0. The molecule has 0 spiro atoms. The summed E-state index contributed by atoms with van der Waals surface area (Å²) in [6.07, 6.45) is 9.18. The standard InChI is InChI=1S/C26H27ClN4S/c1-2-18-10-20-23(19-5-3-4-6-21(19)27)28-14-22-29-30-25(31(22)24(20)32-18)26-11-15-7-16(12-26)9-17(8-15)13-26/h3-6,10,15-17H,2,7-9,11-14H2,1H3. The summed E-state index contributed by atoms with van der Waals surface area (Å²) in [4.78, 5) is 6.43. The number of thiophene rings is 1. The summed E-state index contributed by atoms with van der Waals surface area (Å²) in [5.41, 5.74) is 3.38. The van der Waals surface area contributed by atoms with Crippen molar-refractivity contribution in [3.63, 3.8) is 0 Å². The van der Waals surface area contributed by atoms with Gasteiger partial charge < -0.3 is 0 Å². The maximum absolute atomic E-state index is 6.63. The number of benzene rings is 1. The molecule has 0 radical (unpaired) electrons. The summed E-state index contributed by atoms with van der Waals surface area (Å²) in [6, 6.07) is 10.4. The number of hydrogen-bond acceptors (Lipinski definition) is 4. The fourth-order valence-corrected chi connectivity index (χ4v) is 8.76. The number of fused-ring (bicyclic) bond motifs is 3. The molecule has 4 aliphatic carbocycles. The van der Waals surface area contributed by atoms with Crippen molar-refractivity contribution in [2.75, 3.05) is 0 Å². The second-order valence-corrected chi connectivity index (χ2v) is 11.9. The van der Waals surface area contributed by atoms with Crippen molar-refractivity contribution in [1.82, 2.24) is 14.8 Å². The van der Waals surface area contributed by atoms with E-state index in [1.807, 2.05) is 29.5 Å². The molecule has 164 valence electrons. The van der Waals surface area contributed by atoms with Gasteiger partial charge in [-0.2, -0.15) is 0 Å². The quantitative estimate of drug-likeness (QED) is 0.454. The van der Waals surface area contributed by atoms with Crippen molar-refractivity contribution in [2.24, 2.45) is 22.7 Å². The average Bonchev–Trinajstić information content (AvgIpc) is 3.36. The fourth-order valence-electron chi connectivity index (χ4n) is 7.42. The van der Waals surface area contributed by atoms with Crippen LogP contribution < -0.4 is 0 Å². The molecule has 8 rings (SSSR count). The normalized spacial score (nSPS) is 30.1. The Morgan fingerprint density at radius 2 is 1.75 bits per heavy atom. The van der Waals surface area contributed by atoms with Crippen LogP contribution in [0.1, 0.15) is 73.1 Å². The van der Waals surface area contributed by atoms with Gasteiger partial charge in [0.05, 0.1) is 5.71 Å². The molecule has 0 N–H and O–H groups in total. The van der Waals surface area contributed by atoms with Gasteiger partial charge in [-0.1, -0.05) is 36.7 Å². The summed E-state index contributed by atoms with van der Waals surface area (Å²) in [6.45, 7) is 2.77. The van der Waals surface area contributed by atoms with Crippen LogP contribution in [-0.2, 0) is 18.4 Å². The van der Waals surface area contributed by atoms with E-state index in [-0.39, 0.29) is 5.41 Å². The van der Waals surface area contributed by atoms with Gasteiger partial charge in [-0.25, -0.2) is 0 Å². The van der Waals surface area contributed by atoms with Gasteiger partial charge in [0.1, 0.15) is 17.4 Å². The monoisotopic (exact) mass is 462 g/mol. The Morgan fingerprint density at radius 1 is 1.03 bits per heavy atom. The summed E-state index contributed by atoms with van der Waals surface area (Å²) in [5, 5.41) is 11.6. The first-order chi connectivity index (χ1) is 15.6. The highest BCUT2D eigenvalue weighted by Gasteiger charge is 2.54. The van der Waals surface area contributed by atoms with Gasteiger partial charge in [0.15, 0.2) is 5.82 Å². The molecule has 5 aliphatic rings. The summed E-state index contributed by atoms with van der Waals surface area (Å²) in [5.74, 6) is 4.83. The number of aryl methyl sites for hydroxylation is 1. The van der Waals surface area contributed by atoms with Crippen molar-refractivity contribution >= 4 is 28.6 Å². The van der Waals surface area contributed by atoms with Crippen LogP contribution in [0.4, 0.5) is 0 Å². The molecule has 0 atom stereocenters. The highest BCUT2D eigenvalue weighted by Crippen LogP contribution is 2.60. The van der Waals surface area contributed by atoms with E-state index < -0.39 is 0 Å². The number of rotatable bonds is 3. The van der Waals surface area contributed by atoms with Crippen molar-refractivity contribution in [3.8, 4) is 5.00 Å². The number of halogens is 1. The zero-order valence-corrected chi connectivity index (χ0v) is 19.9. The maximum atomic E-state index is 6.63. The van der Waals surface area contributed by atoms with Gasteiger partial charge in [0.25, 0.3) is 0 Å². The molecular weight excluding hydrogens is 436 g/mol. The molecule has 1 aliphatic heterocycles. The average molecular weight is 463 g/mol. The number of nitrogens with zero attached hydrogens (tertiary/aromatic N) is 4. The maximum Gasteiger partial charge on any atom is 0.160 e. The lowest BCUT2D eigenvalue weighted by Crippen LogP contribution is -2.49. The van der Waals surface area contributed by atoms with E-state index in [1.165, 1.54) is 59.8 Å². The zero-order valence-electron chi connectivity index (χ0n) is 18.4. The van der Waals surface area contributed by atoms with Crippen LogP contribution in [-0.4, -0.2) is 20.5 Å². The Morgan fingerprint density at radius 3 is 2.44 bits per heavy atom. The molecule has 32 heavy (non-hydrogen) atoms. The Balaban J connectivity index is 1.42. The predicted molar refractivity (Wildman–Crippen MR) is 129 cm³/mol. The molecule has 0 unspecified atom stereocenters. The minimum Gasteiger partial charge on any atom is -0.276 e. The van der Waals surface area contributed by atoms with Crippen LogP contribution in [0.15, 0.2) is 35.3 Å². The first kappa shape index (κ1) is 19.5. The largest absolute Gasteiger partial charge is 0.276 e. The topological polar surface area (TPSA) is 43.1 Å². The molecular formula is C26H27ClN4S. The molecule has 2 aromatic heterocycles. The van der Waals surface area contributed by atoms with Gasteiger partial charge in [0, 0.05) is 26.4 Å². The van der Waals surface area contributed by atoms with E-state index in [0.29, 0.717) is 6.54 Å². The van der Waals surface area contributed by atoms with Gasteiger partial charge in [-0.05, 0) is 74.8 Å². The molecule has 4 fully saturated rings. The van der Waals surface area contributed by atoms with Crippen molar-refractivity contribution in [2.45, 2.75) is 63.8 Å². The highest BCUT2D eigenvalue weighted by molar-refractivity contribution is 7.15. The molecule has 6 heteroatoms. The van der Waals surface area contributed by atoms with E-state index in [0.717, 1.165) is 46.3 Å². The van der Waals surface area contributed by atoms with Crippen molar-refractivity contribution in [3.05, 3.63) is 63.0 Å². The fraction of sp³-hybridized carbons (Fsp3) is 0.500.